The molecule has 8 heteroatoms. The number of amides is 1. The molecule has 0 bridgehead atoms. The number of thioether (sulfide) groups is 1. The van der Waals surface area contributed by atoms with Crippen molar-refractivity contribution in [1.82, 2.24) is 25.1 Å². The lowest BCUT2D eigenvalue weighted by atomic mass is 9.76. The van der Waals surface area contributed by atoms with Crippen LogP contribution in [-0.4, -0.2) is 47.2 Å². The fourth-order valence-corrected chi connectivity index (χ4v) is 7.14. The number of nitrogens with zero attached hydrogens (tertiary/aromatic N) is 5. The Labute approximate surface area is 208 Å². The van der Waals surface area contributed by atoms with E-state index in [1.807, 2.05) is 64.2 Å². The van der Waals surface area contributed by atoms with E-state index in [2.05, 4.69) is 65.8 Å². The number of benzene rings is 3. The summed E-state index contributed by atoms with van der Waals surface area (Å²) in [5, 5.41) is 13.3. The van der Waals surface area contributed by atoms with E-state index in [0.29, 0.717) is 5.82 Å². The van der Waals surface area contributed by atoms with E-state index in [-0.39, 0.29) is 22.1 Å². The van der Waals surface area contributed by atoms with Gasteiger partial charge in [-0.05, 0) is 41.0 Å². The molecule has 4 aromatic rings. The normalized spacial score (nSPS) is 23.1. The highest BCUT2D eigenvalue weighted by Gasteiger charge is 2.62. The zero-order chi connectivity index (χ0) is 24.2. The van der Waals surface area contributed by atoms with Gasteiger partial charge in [0.2, 0.25) is 5.91 Å². The highest BCUT2D eigenvalue weighted by atomic mass is 32.2. The maximum absolute atomic E-state index is 12.9. The van der Waals surface area contributed by atoms with Crippen molar-refractivity contribution in [2.75, 3.05) is 0 Å². The molecule has 0 spiro atoms. The second-order valence-corrected chi connectivity index (χ2v) is 11.3. The number of rotatable bonds is 5. The highest BCUT2D eigenvalue weighted by molar-refractivity contribution is 8.01. The minimum atomic E-state index is -0.850. The molecule has 0 radical (unpaired) electrons. The molecule has 0 saturated carbocycles. The van der Waals surface area contributed by atoms with Gasteiger partial charge in [0.05, 0.1) is 0 Å². The second kappa shape index (κ2) is 8.03. The summed E-state index contributed by atoms with van der Waals surface area (Å²) in [6.45, 7) is 4.27. The van der Waals surface area contributed by atoms with Gasteiger partial charge in [0, 0.05) is 4.75 Å². The SMILES string of the molecule is CC1(C)S[C@H]2C(N)C(=O)N2C1c1nnnn1C(c1ccccc1)(c1ccccc1)c1ccccc1. The minimum absolute atomic E-state index is 0.0580. The van der Waals surface area contributed by atoms with Crippen molar-refractivity contribution in [3.8, 4) is 0 Å². The van der Waals surface area contributed by atoms with Gasteiger partial charge in [-0.25, -0.2) is 4.68 Å². The van der Waals surface area contributed by atoms with E-state index < -0.39 is 11.6 Å². The van der Waals surface area contributed by atoms with Crippen molar-refractivity contribution in [2.24, 2.45) is 5.73 Å². The largest absolute Gasteiger partial charge is 0.317 e. The van der Waals surface area contributed by atoms with Crippen LogP contribution in [0.5, 0.6) is 0 Å². The van der Waals surface area contributed by atoms with E-state index in [1.165, 1.54) is 0 Å². The molecule has 0 aliphatic carbocycles. The molecule has 176 valence electrons. The molecule has 2 fully saturated rings. The third-order valence-electron chi connectivity index (χ3n) is 7.11. The quantitative estimate of drug-likeness (QED) is 0.346. The molecular weight excluding hydrogens is 456 g/mol. The van der Waals surface area contributed by atoms with Crippen LogP contribution < -0.4 is 5.73 Å². The van der Waals surface area contributed by atoms with Crippen LogP contribution in [0.2, 0.25) is 0 Å². The second-order valence-electron chi connectivity index (χ2n) is 9.54. The molecular formula is C27H26N6OS. The molecule has 3 atom stereocenters. The molecule has 2 unspecified atom stereocenters. The first-order valence-corrected chi connectivity index (χ1v) is 12.5. The standard InChI is InChI=1S/C27H26N6OS/c1-26(2)22(32-24(34)21(28)25(32)35-26)23-29-30-31-33(23)27(18-12-6-3-7-13-18,19-14-8-4-9-15-19)20-16-10-5-11-17-20/h3-17,21-22,25H,28H2,1-2H3/t21?,22?,25-/m0/s1. The van der Waals surface area contributed by atoms with Crippen LogP contribution >= 0.6 is 11.8 Å². The lowest BCUT2D eigenvalue weighted by Crippen LogP contribution is -2.65. The van der Waals surface area contributed by atoms with E-state index >= 15 is 0 Å². The van der Waals surface area contributed by atoms with E-state index in [9.17, 15) is 4.79 Å². The van der Waals surface area contributed by atoms with Crippen molar-refractivity contribution < 1.29 is 4.79 Å². The minimum Gasteiger partial charge on any atom is -0.317 e. The Hall–Kier alpha value is -3.49. The van der Waals surface area contributed by atoms with Crippen LogP contribution in [0.25, 0.3) is 0 Å². The Balaban J connectivity index is 1.66. The Bertz CT molecular complexity index is 1260. The summed E-state index contributed by atoms with van der Waals surface area (Å²) in [7, 11) is 0. The van der Waals surface area contributed by atoms with Crippen molar-refractivity contribution in [1.29, 1.82) is 0 Å². The molecule has 3 heterocycles. The van der Waals surface area contributed by atoms with Gasteiger partial charge in [-0.1, -0.05) is 91.0 Å². The topological polar surface area (TPSA) is 89.9 Å². The number of hydrogen-bond donors (Lipinski definition) is 1. The fraction of sp³-hybridized carbons (Fsp3) is 0.259. The van der Waals surface area contributed by atoms with Crippen LogP contribution in [0, 0.1) is 0 Å². The molecule has 35 heavy (non-hydrogen) atoms. The molecule has 2 aliphatic heterocycles. The van der Waals surface area contributed by atoms with Gasteiger partial charge >= 0.3 is 0 Å². The lowest BCUT2D eigenvalue weighted by Gasteiger charge is -2.44. The summed E-state index contributed by atoms with van der Waals surface area (Å²) < 4.78 is 1.59. The van der Waals surface area contributed by atoms with Crippen molar-refractivity contribution in [2.45, 2.75) is 41.6 Å². The van der Waals surface area contributed by atoms with Crippen LogP contribution in [0.3, 0.4) is 0 Å². The summed E-state index contributed by atoms with van der Waals surface area (Å²) in [4.78, 5) is 14.8. The average molecular weight is 483 g/mol. The maximum atomic E-state index is 12.9. The molecule has 1 amide bonds. The van der Waals surface area contributed by atoms with Gasteiger partial charge in [-0.3, -0.25) is 4.79 Å². The zero-order valence-corrected chi connectivity index (χ0v) is 20.3. The molecule has 2 saturated heterocycles. The zero-order valence-electron chi connectivity index (χ0n) is 19.5. The molecule has 1 aromatic heterocycles. The van der Waals surface area contributed by atoms with E-state index in [1.54, 1.807) is 11.8 Å². The Morgan fingerprint density at radius 3 is 1.83 bits per heavy atom. The number of nitrogens with two attached hydrogens (primary N) is 1. The summed E-state index contributed by atoms with van der Waals surface area (Å²) in [5.74, 6) is 0.583. The van der Waals surface area contributed by atoms with Crippen LogP contribution in [0.4, 0.5) is 0 Å². The summed E-state index contributed by atoms with van der Waals surface area (Å²) in [6, 6.07) is 30.0. The first-order chi connectivity index (χ1) is 17.0. The summed E-state index contributed by atoms with van der Waals surface area (Å²) in [5.41, 5.74) is 8.40. The van der Waals surface area contributed by atoms with Crippen molar-refractivity contribution in [3.05, 3.63) is 114 Å². The van der Waals surface area contributed by atoms with Gasteiger partial charge in [0.15, 0.2) is 5.82 Å². The van der Waals surface area contributed by atoms with Gasteiger partial charge < -0.3 is 10.6 Å². The maximum Gasteiger partial charge on any atom is 0.244 e. The van der Waals surface area contributed by atoms with Gasteiger partial charge in [-0.2, -0.15) is 0 Å². The average Bonchev–Trinajstić information content (AvgIpc) is 3.46. The van der Waals surface area contributed by atoms with Gasteiger partial charge in [-0.15, -0.1) is 16.9 Å². The molecule has 2 aliphatic rings. The number of carbonyl (C=O) groups excluding carboxylic acids is 1. The van der Waals surface area contributed by atoms with Crippen LogP contribution in [0.1, 0.15) is 42.4 Å². The number of fused-ring (bicyclic) bond motifs is 1. The monoisotopic (exact) mass is 482 g/mol. The number of tetrazole rings is 1. The van der Waals surface area contributed by atoms with Crippen molar-refractivity contribution in [3.63, 3.8) is 0 Å². The third-order valence-corrected chi connectivity index (χ3v) is 8.71. The predicted octanol–water partition coefficient (Wildman–Crippen LogP) is 3.58. The first kappa shape index (κ1) is 22.0. The number of β-lactam (4-membered cyclic amide) rings is 1. The summed E-state index contributed by atoms with van der Waals surface area (Å²) in [6.07, 6.45) is 0. The van der Waals surface area contributed by atoms with Crippen LogP contribution in [0.15, 0.2) is 91.0 Å². The smallest absolute Gasteiger partial charge is 0.244 e. The highest BCUT2D eigenvalue weighted by Crippen LogP contribution is 2.57. The van der Waals surface area contributed by atoms with Gasteiger partial charge in [0.25, 0.3) is 0 Å². The molecule has 3 aromatic carbocycles. The Morgan fingerprint density at radius 2 is 1.34 bits per heavy atom. The molecule has 2 N–H and O–H groups in total. The molecule has 6 rings (SSSR count). The number of carbonyl (C=O) groups is 1. The van der Waals surface area contributed by atoms with Crippen LogP contribution in [-0.2, 0) is 10.3 Å². The number of hydrogen-bond acceptors (Lipinski definition) is 6. The predicted molar refractivity (Wildman–Crippen MR) is 135 cm³/mol. The number of aromatic nitrogens is 4. The van der Waals surface area contributed by atoms with E-state index in [0.717, 1.165) is 16.7 Å². The fourth-order valence-electron chi connectivity index (χ4n) is 5.57. The first-order valence-electron chi connectivity index (χ1n) is 11.7. The summed E-state index contributed by atoms with van der Waals surface area (Å²) >= 11 is 1.71. The third kappa shape index (κ3) is 3.10. The lowest BCUT2D eigenvalue weighted by molar-refractivity contribution is -0.147. The Morgan fingerprint density at radius 1 is 0.857 bits per heavy atom. The Kier molecular flexibility index (Phi) is 5.05. The van der Waals surface area contributed by atoms with Crippen molar-refractivity contribution >= 4 is 17.7 Å². The molecule has 7 nitrogen and oxygen atoms in total. The van der Waals surface area contributed by atoms with E-state index in [4.69, 9.17) is 5.73 Å². The van der Waals surface area contributed by atoms with Gasteiger partial charge in [0.1, 0.15) is 23.0 Å².